The van der Waals surface area contributed by atoms with Crippen LogP contribution in [0.1, 0.15) is 43.6 Å². The van der Waals surface area contributed by atoms with Crippen LogP contribution in [0, 0.1) is 6.92 Å². The summed E-state index contributed by atoms with van der Waals surface area (Å²) >= 11 is 0. The Labute approximate surface area is 178 Å². The normalized spacial score (nSPS) is 15.2. The van der Waals surface area contributed by atoms with Crippen molar-refractivity contribution in [2.24, 2.45) is 0 Å². The number of hydrogen-bond acceptors (Lipinski definition) is 3. The number of carboxylic acid groups (broad SMARTS) is 1. The SMILES string of the molecule is Cc1ccc([C@@H]2c3c(-c4ccccc4)n[nH]c3C(=O)N2c2ccc(C(=O)O)cc2)cc1. The number of nitrogens with one attached hydrogen (secondary N) is 1. The van der Waals surface area contributed by atoms with E-state index in [2.05, 4.69) is 10.2 Å². The van der Waals surface area contributed by atoms with Crippen LogP contribution in [0.4, 0.5) is 5.69 Å². The molecular weight excluding hydrogens is 390 g/mol. The zero-order chi connectivity index (χ0) is 21.5. The molecule has 0 spiro atoms. The maximum absolute atomic E-state index is 13.4. The van der Waals surface area contributed by atoms with Crippen LogP contribution < -0.4 is 4.90 Å². The monoisotopic (exact) mass is 409 g/mol. The predicted octanol–water partition coefficient (Wildman–Crippen LogP) is 4.83. The Morgan fingerprint density at radius 2 is 1.65 bits per heavy atom. The fraction of sp³-hybridized carbons (Fsp3) is 0.0800. The Morgan fingerprint density at radius 1 is 0.968 bits per heavy atom. The van der Waals surface area contributed by atoms with E-state index in [1.807, 2.05) is 61.5 Å². The van der Waals surface area contributed by atoms with Gasteiger partial charge in [-0.05, 0) is 36.8 Å². The summed E-state index contributed by atoms with van der Waals surface area (Å²) in [6, 6.07) is 23.8. The fourth-order valence-corrected chi connectivity index (χ4v) is 4.06. The molecule has 4 aromatic rings. The molecule has 1 aliphatic heterocycles. The van der Waals surface area contributed by atoms with Crippen molar-refractivity contribution < 1.29 is 14.7 Å². The van der Waals surface area contributed by atoms with E-state index in [4.69, 9.17) is 0 Å². The van der Waals surface area contributed by atoms with Gasteiger partial charge >= 0.3 is 5.97 Å². The molecule has 1 amide bonds. The maximum Gasteiger partial charge on any atom is 0.335 e. The van der Waals surface area contributed by atoms with Crippen LogP contribution in [0.3, 0.4) is 0 Å². The third kappa shape index (κ3) is 3.09. The topological polar surface area (TPSA) is 86.3 Å². The number of aromatic carboxylic acids is 1. The molecule has 0 radical (unpaired) electrons. The summed E-state index contributed by atoms with van der Waals surface area (Å²) < 4.78 is 0. The van der Waals surface area contributed by atoms with Gasteiger partial charge < -0.3 is 5.11 Å². The minimum absolute atomic E-state index is 0.174. The molecule has 2 N–H and O–H groups in total. The van der Waals surface area contributed by atoms with E-state index in [9.17, 15) is 14.7 Å². The molecule has 0 fully saturated rings. The van der Waals surface area contributed by atoms with Crippen LogP contribution >= 0.6 is 0 Å². The largest absolute Gasteiger partial charge is 0.478 e. The molecule has 1 aromatic heterocycles. The number of aryl methyl sites for hydroxylation is 1. The molecule has 6 nitrogen and oxygen atoms in total. The first kappa shape index (κ1) is 18.8. The highest BCUT2D eigenvalue weighted by Crippen LogP contribution is 2.45. The minimum atomic E-state index is -1.00. The van der Waals surface area contributed by atoms with Crippen LogP contribution in [0.25, 0.3) is 11.3 Å². The van der Waals surface area contributed by atoms with Crippen molar-refractivity contribution in [2.45, 2.75) is 13.0 Å². The summed E-state index contributed by atoms with van der Waals surface area (Å²) in [5.74, 6) is -1.20. The summed E-state index contributed by atoms with van der Waals surface area (Å²) in [5.41, 5.74) is 5.82. The summed E-state index contributed by atoms with van der Waals surface area (Å²) in [5, 5.41) is 16.6. The lowest BCUT2D eigenvalue weighted by Gasteiger charge is -2.26. The second kappa shape index (κ2) is 7.25. The van der Waals surface area contributed by atoms with Gasteiger partial charge in [0.1, 0.15) is 5.69 Å². The van der Waals surface area contributed by atoms with Crippen LogP contribution in [-0.4, -0.2) is 27.2 Å². The van der Waals surface area contributed by atoms with Crippen LogP contribution in [0.2, 0.25) is 0 Å². The average molecular weight is 409 g/mol. The minimum Gasteiger partial charge on any atom is -0.478 e. The Balaban J connectivity index is 1.69. The van der Waals surface area contributed by atoms with Gasteiger partial charge in [-0.15, -0.1) is 0 Å². The number of anilines is 1. The Kier molecular flexibility index (Phi) is 4.40. The van der Waals surface area contributed by atoms with Crippen molar-refractivity contribution in [3.8, 4) is 11.3 Å². The summed E-state index contributed by atoms with van der Waals surface area (Å²) in [4.78, 5) is 26.4. The average Bonchev–Trinajstić information content (AvgIpc) is 3.34. The first-order valence-corrected chi connectivity index (χ1v) is 9.92. The van der Waals surface area contributed by atoms with Crippen molar-refractivity contribution in [1.29, 1.82) is 0 Å². The molecule has 31 heavy (non-hydrogen) atoms. The highest BCUT2D eigenvalue weighted by Gasteiger charge is 2.43. The molecule has 152 valence electrons. The van der Waals surface area contributed by atoms with Crippen molar-refractivity contribution >= 4 is 17.6 Å². The van der Waals surface area contributed by atoms with Crippen molar-refractivity contribution in [1.82, 2.24) is 10.2 Å². The van der Waals surface area contributed by atoms with Crippen LogP contribution in [0.5, 0.6) is 0 Å². The number of carbonyl (C=O) groups excluding carboxylic acids is 1. The lowest BCUT2D eigenvalue weighted by atomic mass is 9.95. The highest BCUT2D eigenvalue weighted by atomic mass is 16.4. The van der Waals surface area contributed by atoms with Crippen LogP contribution in [0.15, 0.2) is 78.9 Å². The summed E-state index contributed by atoms with van der Waals surface area (Å²) in [7, 11) is 0. The Bertz CT molecular complexity index is 1280. The van der Waals surface area contributed by atoms with Crippen molar-refractivity contribution in [3.63, 3.8) is 0 Å². The molecule has 0 saturated carbocycles. The number of H-pyrrole nitrogens is 1. The Morgan fingerprint density at radius 3 is 2.29 bits per heavy atom. The van der Waals surface area contributed by atoms with Gasteiger partial charge in [-0.3, -0.25) is 14.8 Å². The molecule has 0 saturated heterocycles. The van der Waals surface area contributed by atoms with Gasteiger partial charge in [-0.25, -0.2) is 4.79 Å². The number of aromatic amines is 1. The van der Waals surface area contributed by atoms with E-state index in [1.165, 1.54) is 12.1 Å². The second-order valence-electron chi connectivity index (χ2n) is 7.57. The molecule has 0 bridgehead atoms. The molecule has 0 unspecified atom stereocenters. The van der Waals surface area contributed by atoms with Gasteiger partial charge in [0.2, 0.25) is 0 Å². The number of nitrogens with zero attached hydrogens (tertiary/aromatic N) is 2. The molecule has 1 atom stereocenters. The molecule has 2 heterocycles. The number of hydrogen-bond donors (Lipinski definition) is 2. The zero-order valence-corrected chi connectivity index (χ0v) is 16.7. The van der Waals surface area contributed by atoms with Gasteiger partial charge in [-0.2, -0.15) is 5.10 Å². The predicted molar refractivity (Wildman–Crippen MR) is 117 cm³/mol. The quantitative estimate of drug-likeness (QED) is 0.505. The molecule has 6 heteroatoms. The lowest BCUT2D eigenvalue weighted by molar-refractivity contribution is 0.0696. The van der Waals surface area contributed by atoms with Gasteiger partial charge in [-0.1, -0.05) is 60.2 Å². The standard InChI is InChI=1S/C25H19N3O3/c1-15-7-9-17(10-8-15)23-20-21(16-5-3-2-4-6-16)26-27-22(20)24(29)28(23)19-13-11-18(12-14-19)25(30)31/h2-14,23H,1H3,(H,26,27)(H,30,31)/t23-/m1/s1. The number of aromatic nitrogens is 2. The van der Waals surface area contributed by atoms with E-state index in [0.29, 0.717) is 11.4 Å². The number of rotatable bonds is 4. The van der Waals surface area contributed by atoms with E-state index in [0.717, 1.165) is 27.9 Å². The van der Waals surface area contributed by atoms with Gasteiger partial charge in [0.05, 0.1) is 17.3 Å². The third-order valence-corrected chi connectivity index (χ3v) is 5.60. The molecule has 0 aliphatic carbocycles. The number of carboxylic acids is 1. The van der Waals surface area contributed by atoms with Gasteiger partial charge in [0, 0.05) is 16.8 Å². The lowest BCUT2D eigenvalue weighted by Crippen LogP contribution is -2.29. The van der Waals surface area contributed by atoms with Gasteiger partial charge in [0.25, 0.3) is 5.91 Å². The first-order chi connectivity index (χ1) is 15.0. The smallest absolute Gasteiger partial charge is 0.335 e. The molecule has 1 aliphatic rings. The molecular formula is C25H19N3O3. The van der Waals surface area contributed by atoms with Gasteiger partial charge in [0.15, 0.2) is 0 Å². The molecule has 5 rings (SSSR count). The van der Waals surface area contributed by atoms with Crippen molar-refractivity contribution in [2.75, 3.05) is 4.90 Å². The third-order valence-electron chi connectivity index (χ3n) is 5.60. The summed E-state index contributed by atoms with van der Waals surface area (Å²) in [6.07, 6.45) is 0. The number of amides is 1. The van der Waals surface area contributed by atoms with Crippen molar-refractivity contribution in [3.05, 3.63) is 107 Å². The van der Waals surface area contributed by atoms with E-state index < -0.39 is 5.97 Å². The van der Waals surface area contributed by atoms with E-state index in [1.54, 1.807) is 17.0 Å². The first-order valence-electron chi connectivity index (χ1n) is 9.92. The van der Waals surface area contributed by atoms with E-state index in [-0.39, 0.29) is 17.5 Å². The maximum atomic E-state index is 13.4. The number of carbonyl (C=O) groups is 2. The Hall–Kier alpha value is -4.19. The highest BCUT2D eigenvalue weighted by molar-refractivity contribution is 6.11. The summed E-state index contributed by atoms with van der Waals surface area (Å²) in [6.45, 7) is 2.02. The number of benzene rings is 3. The zero-order valence-electron chi connectivity index (χ0n) is 16.7. The second-order valence-corrected chi connectivity index (χ2v) is 7.57. The fourth-order valence-electron chi connectivity index (χ4n) is 4.06. The number of fused-ring (bicyclic) bond motifs is 1. The molecule has 3 aromatic carbocycles. The van der Waals surface area contributed by atoms with E-state index >= 15 is 0 Å². The van der Waals surface area contributed by atoms with Crippen LogP contribution in [-0.2, 0) is 0 Å².